The molecule has 178 valence electrons. The number of nitriles is 1. The zero-order chi connectivity index (χ0) is 24.0. The van der Waals surface area contributed by atoms with Crippen LogP contribution in [-0.2, 0) is 4.74 Å². The molecule has 1 unspecified atom stereocenters. The van der Waals surface area contributed by atoms with Crippen LogP contribution in [0, 0.1) is 23.3 Å². The lowest BCUT2D eigenvalue weighted by molar-refractivity contribution is 0.200. The van der Waals surface area contributed by atoms with Gasteiger partial charge in [-0.3, -0.25) is 10.3 Å². The number of hydrogen-bond acceptors (Lipinski definition) is 5. The van der Waals surface area contributed by atoms with Crippen LogP contribution >= 0.6 is 0 Å². The molecule has 7 nitrogen and oxygen atoms in total. The molecule has 1 saturated carbocycles. The smallest absolute Gasteiger partial charge is 0.204 e. The van der Waals surface area contributed by atoms with Gasteiger partial charge in [-0.15, -0.1) is 0 Å². The van der Waals surface area contributed by atoms with Gasteiger partial charge in [0, 0.05) is 19.2 Å². The van der Waals surface area contributed by atoms with Crippen molar-refractivity contribution in [2.24, 2.45) is 4.99 Å². The van der Waals surface area contributed by atoms with E-state index in [-0.39, 0.29) is 12.0 Å². The van der Waals surface area contributed by atoms with Gasteiger partial charge in [0.05, 0.1) is 32.3 Å². The van der Waals surface area contributed by atoms with E-state index in [2.05, 4.69) is 27.5 Å². The summed E-state index contributed by atoms with van der Waals surface area (Å²) in [5.41, 5.74) is 1.91. The molecule has 1 atom stereocenters. The van der Waals surface area contributed by atoms with Crippen LogP contribution < -0.4 is 20.1 Å². The molecule has 0 bridgehead atoms. The van der Waals surface area contributed by atoms with Gasteiger partial charge in [-0.2, -0.15) is 5.26 Å². The van der Waals surface area contributed by atoms with Gasteiger partial charge >= 0.3 is 0 Å². The number of guanidine groups is 1. The maximum Gasteiger partial charge on any atom is 0.204 e. The van der Waals surface area contributed by atoms with Crippen molar-refractivity contribution in [1.29, 1.82) is 5.26 Å². The molecule has 34 heavy (non-hydrogen) atoms. The maximum absolute atomic E-state index is 9.09. The highest BCUT2D eigenvalue weighted by Crippen LogP contribution is 2.34. The Morgan fingerprint density at radius 3 is 2.62 bits per heavy atom. The van der Waals surface area contributed by atoms with Gasteiger partial charge in [0.1, 0.15) is 0 Å². The Bertz CT molecular complexity index is 1030. The molecule has 3 rings (SSSR count). The fraction of sp³-hybridized carbons (Fsp3) is 0.407. The van der Waals surface area contributed by atoms with E-state index in [9.17, 15) is 0 Å². The van der Waals surface area contributed by atoms with Crippen molar-refractivity contribution in [3.05, 3.63) is 59.7 Å². The molecule has 1 fully saturated rings. The molecule has 1 aliphatic carbocycles. The summed E-state index contributed by atoms with van der Waals surface area (Å²) in [6, 6.07) is 15.8. The third-order valence-corrected chi connectivity index (χ3v) is 5.56. The van der Waals surface area contributed by atoms with Crippen LogP contribution in [0.3, 0.4) is 0 Å². The summed E-state index contributed by atoms with van der Waals surface area (Å²) in [6.07, 6.45) is 6.64. The molecule has 2 aromatic carbocycles. The largest absolute Gasteiger partial charge is 0.493 e. The summed E-state index contributed by atoms with van der Waals surface area (Å²) in [5.74, 6) is 8.24. The highest BCUT2D eigenvalue weighted by Gasteiger charge is 2.20. The Morgan fingerprint density at radius 1 is 1.12 bits per heavy atom. The van der Waals surface area contributed by atoms with Gasteiger partial charge < -0.3 is 19.5 Å². The van der Waals surface area contributed by atoms with Crippen molar-refractivity contribution < 1.29 is 14.2 Å². The number of ether oxygens (including phenoxy) is 3. The standard InChI is InChI=1S/C27H32N4O3/c1-32-17-16-29-27(31-20-28)30-19-23(13-12-21-8-4-3-5-9-21)22-14-15-25(33-2)26(18-22)34-24-10-6-7-11-24/h3-5,8-9,14-15,18,23-24H,6-7,10-11,16-17,19H2,1-2H3,(H2,29,30,31). The summed E-state index contributed by atoms with van der Waals surface area (Å²) in [4.78, 5) is 4.59. The monoisotopic (exact) mass is 460 g/mol. The predicted molar refractivity (Wildman–Crippen MR) is 133 cm³/mol. The topological polar surface area (TPSA) is 87.9 Å². The molecule has 2 aromatic rings. The zero-order valence-electron chi connectivity index (χ0n) is 19.8. The van der Waals surface area contributed by atoms with Crippen molar-refractivity contribution in [2.45, 2.75) is 37.7 Å². The van der Waals surface area contributed by atoms with Gasteiger partial charge in [0.2, 0.25) is 5.96 Å². The average molecular weight is 461 g/mol. The number of hydrogen-bond donors (Lipinski definition) is 2. The van der Waals surface area contributed by atoms with Crippen LogP contribution in [0.5, 0.6) is 11.5 Å². The first-order chi connectivity index (χ1) is 16.7. The molecular formula is C27H32N4O3. The van der Waals surface area contributed by atoms with E-state index in [1.807, 2.05) is 54.7 Å². The second kappa shape index (κ2) is 13.8. The van der Waals surface area contributed by atoms with Gasteiger partial charge in [0.25, 0.3) is 0 Å². The first-order valence-electron chi connectivity index (χ1n) is 11.6. The Labute approximate surface area is 202 Å². The average Bonchev–Trinajstić information content (AvgIpc) is 3.38. The van der Waals surface area contributed by atoms with Gasteiger partial charge in [0.15, 0.2) is 17.7 Å². The van der Waals surface area contributed by atoms with Crippen molar-refractivity contribution in [1.82, 2.24) is 10.6 Å². The Kier molecular flexibility index (Phi) is 10.1. The molecule has 0 radical (unpaired) electrons. The summed E-state index contributed by atoms with van der Waals surface area (Å²) < 4.78 is 16.9. The van der Waals surface area contributed by atoms with Crippen LogP contribution in [0.15, 0.2) is 53.5 Å². The van der Waals surface area contributed by atoms with Crippen molar-refractivity contribution in [3.8, 4) is 29.5 Å². The van der Waals surface area contributed by atoms with Crippen LogP contribution in [0.4, 0.5) is 0 Å². The molecule has 0 spiro atoms. The van der Waals surface area contributed by atoms with E-state index in [0.717, 1.165) is 29.7 Å². The minimum Gasteiger partial charge on any atom is -0.493 e. The number of methoxy groups -OCH3 is 2. The highest BCUT2D eigenvalue weighted by molar-refractivity contribution is 5.81. The summed E-state index contributed by atoms with van der Waals surface area (Å²) in [5, 5.41) is 14.8. The van der Waals surface area contributed by atoms with Crippen LogP contribution in [0.2, 0.25) is 0 Å². The molecule has 7 heteroatoms. The first-order valence-corrected chi connectivity index (χ1v) is 11.6. The second-order valence-electron chi connectivity index (χ2n) is 7.97. The molecular weight excluding hydrogens is 428 g/mol. The minimum absolute atomic E-state index is 0.211. The number of nitrogens with zero attached hydrogens (tertiary/aromatic N) is 2. The lowest BCUT2D eigenvalue weighted by Crippen LogP contribution is -2.36. The quantitative estimate of drug-likeness (QED) is 0.148. The fourth-order valence-electron chi connectivity index (χ4n) is 3.76. The summed E-state index contributed by atoms with van der Waals surface area (Å²) in [7, 11) is 3.28. The van der Waals surface area contributed by atoms with E-state index < -0.39 is 0 Å². The summed E-state index contributed by atoms with van der Waals surface area (Å²) >= 11 is 0. The molecule has 0 saturated heterocycles. The first kappa shape index (κ1) is 25.0. The summed E-state index contributed by atoms with van der Waals surface area (Å²) in [6.45, 7) is 1.40. The SMILES string of the molecule is COCCNC(=NCC(C#Cc1ccccc1)c1ccc(OC)c(OC2CCCC2)c1)NC#N. The maximum atomic E-state index is 9.09. The van der Waals surface area contributed by atoms with Crippen molar-refractivity contribution >= 4 is 5.96 Å². The third kappa shape index (κ3) is 7.72. The van der Waals surface area contributed by atoms with Crippen LogP contribution in [0.25, 0.3) is 0 Å². The molecule has 1 aliphatic rings. The molecule has 2 N–H and O–H groups in total. The van der Waals surface area contributed by atoms with Crippen LogP contribution in [0.1, 0.15) is 42.7 Å². The molecule has 0 aromatic heterocycles. The van der Waals surface area contributed by atoms with E-state index in [0.29, 0.717) is 31.4 Å². The van der Waals surface area contributed by atoms with Crippen molar-refractivity contribution in [3.63, 3.8) is 0 Å². The lowest BCUT2D eigenvalue weighted by Gasteiger charge is -2.18. The Balaban J connectivity index is 1.88. The lowest BCUT2D eigenvalue weighted by atomic mass is 9.98. The minimum atomic E-state index is -0.211. The number of nitrogens with one attached hydrogen (secondary N) is 2. The van der Waals surface area contributed by atoms with Gasteiger partial charge in [-0.05, 0) is 55.5 Å². The van der Waals surface area contributed by atoms with E-state index in [1.165, 1.54) is 12.8 Å². The fourth-order valence-corrected chi connectivity index (χ4v) is 3.76. The van der Waals surface area contributed by atoms with E-state index in [4.69, 9.17) is 19.5 Å². The highest BCUT2D eigenvalue weighted by atomic mass is 16.5. The Morgan fingerprint density at radius 2 is 1.91 bits per heavy atom. The molecule has 0 heterocycles. The number of benzene rings is 2. The van der Waals surface area contributed by atoms with Crippen LogP contribution in [-0.4, -0.2) is 46.0 Å². The number of aliphatic imine (C=N–C) groups is 1. The van der Waals surface area contributed by atoms with Gasteiger partial charge in [-0.1, -0.05) is 36.1 Å². The van der Waals surface area contributed by atoms with E-state index in [1.54, 1.807) is 14.2 Å². The number of rotatable bonds is 9. The normalized spacial score (nSPS) is 14.4. The zero-order valence-corrected chi connectivity index (χ0v) is 19.8. The Hall–Kier alpha value is -3.68. The van der Waals surface area contributed by atoms with E-state index >= 15 is 0 Å². The molecule has 0 aliphatic heterocycles. The van der Waals surface area contributed by atoms with Crippen molar-refractivity contribution in [2.75, 3.05) is 33.9 Å². The predicted octanol–water partition coefficient (Wildman–Crippen LogP) is 3.81. The second-order valence-corrected chi connectivity index (χ2v) is 7.97. The third-order valence-electron chi connectivity index (χ3n) is 5.56. The molecule has 0 amide bonds. The van der Waals surface area contributed by atoms with Gasteiger partial charge in [-0.25, -0.2) is 0 Å².